The fourth-order valence-corrected chi connectivity index (χ4v) is 3.87. The fraction of sp³-hybridized carbons (Fsp3) is 0.280. The van der Waals surface area contributed by atoms with Crippen molar-refractivity contribution < 1.29 is 23.8 Å². The van der Waals surface area contributed by atoms with Gasteiger partial charge < -0.3 is 25.8 Å². The highest BCUT2D eigenvalue weighted by Crippen LogP contribution is 2.42. The molecule has 11 heteroatoms. The summed E-state index contributed by atoms with van der Waals surface area (Å²) < 4.78 is 20.4. The van der Waals surface area contributed by atoms with Crippen molar-refractivity contribution in [2.45, 2.75) is 20.3 Å². The van der Waals surface area contributed by atoms with Gasteiger partial charge in [0.15, 0.2) is 11.5 Å². The maximum absolute atomic E-state index is 13.4. The minimum atomic E-state index is -0.848. The summed E-state index contributed by atoms with van der Waals surface area (Å²) in [7, 11) is 1.32. The highest BCUT2D eigenvalue weighted by Gasteiger charge is 2.36. The number of rotatable bonds is 6. The zero-order valence-corrected chi connectivity index (χ0v) is 19.9. The van der Waals surface area contributed by atoms with Gasteiger partial charge in [0.05, 0.1) is 17.7 Å². The summed E-state index contributed by atoms with van der Waals surface area (Å²) in [5.41, 5.74) is -0.538. The number of nitrogens with one attached hydrogen (secondary N) is 3. The topological polar surface area (TPSA) is 145 Å². The maximum atomic E-state index is 13.4. The van der Waals surface area contributed by atoms with Crippen molar-refractivity contribution in [3.05, 3.63) is 68.6 Å². The third kappa shape index (κ3) is 4.40. The van der Waals surface area contributed by atoms with Gasteiger partial charge in [-0.1, -0.05) is 12.1 Å². The van der Waals surface area contributed by atoms with E-state index in [-0.39, 0.29) is 41.8 Å². The lowest BCUT2D eigenvalue weighted by Crippen LogP contribution is -2.38. The van der Waals surface area contributed by atoms with Crippen molar-refractivity contribution in [2.75, 3.05) is 25.5 Å². The van der Waals surface area contributed by atoms with E-state index in [9.17, 15) is 29.1 Å². The average Bonchev–Trinajstić information content (AvgIpc) is 2.87. The van der Waals surface area contributed by atoms with Gasteiger partial charge in [0.2, 0.25) is 5.76 Å². The van der Waals surface area contributed by atoms with Crippen LogP contribution in [0.3, 0.4) is 0 Å². The largest absolute Gasteiger partial charge is 0.505 e. The Morgan fingerprint density at radius 1 is 1.28 bits per heavy atom. The zero-order valence-electron chi connectivity index (χ0n) is 19.9. The number of hydrogen-bond acceptors (Lipinski definition) is 7. The smallest absolute Gasteiger partial charge is 0.288 e. The van der Waals surface area contributed by atoms with E-state index in [1.807, 2.05) is 0 Å². The number of nitriles is 1. The van der Waals surface area contributed by atoms with Gasteiger partial charge in [0, 0.05) is 20.1 Å². The number of carbonyl (C=O) groups is 2. The van der Waals surface area contributed by atoms with Crippen molar-refractivity contribution in [3.63, 3.8) is 0 Å². The summed E-state index contributed by atoms with van der Waals surface area (Å²) in [6.07, 6.45) is 1.44. The normalized spacial score (nSPS) is 14.0. The first-order valence-electron chi connectivity index (χ1n) is 11.1. The minimum Gasteiger partial charge on any atom is -0.505 e. The molecule has 1 aromatic heterocycles. The van der Waals surface area contributed by atoms with Gasteiger partial charge in [-0.3, -0.25) is 19.0 Å². The predicted molar refractivity (Wildman–Crippen MR) is 129 cm³/mol. The van der Waals surface area contributed by atoms with Crippen LogP contribution < -0.4 is 21.5 Å². The average molecular weight is 493 g/mol. The fourth-order valence-electron chi connectivity index (χ4n) is 3.87. The lowest BCUT2D eigenvalue weighted by Gasteiger charge is -2.31. The monoisotopic (exact) mass is 493 g/mol. The quantitative estimate of drug-likeness (QED) is 0.481. The molecule has 0 saturated carbocycles. The molecule has 0 aliphatic carbocycles. The van der Waals surface area contributed by atoms with Crippen LogP contribution >= 0.6 is 0 Å². The molecule has 0 saturated heterocycles. The SMILES string of the molecule is CNC(=O)c1c(O)c2c3n(c1=O)C=C(C(=O)NCC(C)(C)C#N)OC3=C(Cc1ccc(F)cc1)CN2. The molecule has 0 fully saturated rings. The standard InChI is InChI=1S/C25H24FN5O5/c1-25(2,11-27)12-30-22(33)16-10-31-19-18(20(32)17(24(31)35)23(34)28-3)29-9-14(21(19)36-16)8-13-4-6-15(26)7-5-13/h4-7,10,29,32H,8-9,12H2,1-3H3,(H,28,34)(H,30,33). The van der Waals surface area contributed by atoms with Crippen LogP contribution in [0.5, 0.6) is 5.75 Å². The molecule has 36 heavy (non-hydrogen) atoms. The van der Waals surface area contributed by atoms with Gasteiger partial charge in [-0.15, -0.1) is 0 Å². The molecular formula is C25H24FN5O5. The molecule has 0 atom stereocenters. The molecule has 10 nitrogen and oxygen atoms in total. The third-order valence-corrected chi connectivity index (χ3v) is 5.86. The Kier molecular flexibility index (Phi) is 6.28. The number of aromatic hydroxyl groups is 1. The molecule has 2 aliphatic rings. The van der Waals surface area contributed by atoms with Crippen molar-refractivity contribution in [2.24, 2.45) is 5.41 Å². The van der Waals surface area contributed by atoms with E-state index in [0.29, 0.717) is 12.0 Å². The van der Waals surface area contributed by atoms with Gasteiger partial charge in [-0.25, -0.2) is 4.39 Å². The van der Waals surface area contributed by atoms with Crippen molar-refractivity contribution in [3.8, 4) is 11.8 Å². The second kappa shape index (κ2) is 9.22. The number of aromatic nitrogens is 1. The van der Waals surface area contributed by atoms with E-state index in [1.165, 1.54) is 19.2 Å². The number of halogens is 1. The molecule has 4 rings (SSSR count). The van der Waals surface area contributed by atoms with E-state index >= 15 is 0 Å². The Bertz CT molecular complexity index is 1430. The van der Waals surface area contributed by atoms with Crippen molar-refractivity contribution in [1.82, 2.24) is 15.2 Å². The van der Waals surface area contributed by atoms with Crippen LogP contribution in [-0.4, -0.2) is 41.6 Å². The molecule has 2 aromatic rings. The number of anilines is 1. The highest BCUT2D eigenvalue weighted by atomic mass is 19.1. The maximum Gasteiger partial charge on any atom is 0.288 e. The van der Waals surface area contributed by atoms with Crippen LogP contribution in [0, 0.1) is 22.6 Å². The summed E-state index contributed by atoms with van der Waals surface area (Å²) in [5, 5.41) is 28.0. The molecule has 0 unspecified atom stereocenters. The Morgan fingerprint density at radius 2 is 1.97 bits per heavy atom. The molecule has 186 valence electrons. The van der Waals surface area contributed by atoms with E-state index in [2.05, 4.69) is 22.0 Å². The van der Waals surface area contributed by atoms with Gasteiger partial charge in [-0.05, 0) is 43.5 Å². The number of benzene rings is 1. The first-order chi connectivity index (χ1) is 17.1. The Hall–Kier alpha value is -4.59. The summed E-state index contributed by atoms with van der Waals surface area (Å²) in [6, 6.07) is 7.93. The molecule has 3 heterocycles. The van der Waals surface area contributed by atoms with E-state index in [1.54, 1.807) is 26.0 Å². The molecule has 0 spiro atoms. The Labute approximate surface area is 205 Å². The Balaban J connectivity index is 1.86. The molecule has 2 amide bonds. The molecular weight excluding hydrogens is 469 g/mol. The van der Waals surface area contributed by atoms with Gasteiger partial charge in [0.25, 0.3) is 17.4 Å². The van der Waals surface area contributed by atoms with Gasteiger partial charge in [-0.2, -0.15) is 5.26 Å². The number of ether oxygens (including phenoxy) is 1. The molecule has 0 bridgehead atoms. The van der Waals surface area contributed by atoms with Crippen LogP contribution in [0.15, 0.2) is 40.4 Å². The summed E-state index contributed by atoms with van der Waals surface area (Å²) >= 11 is 0. The van der Waals surface area contributed by atoms with Crippen molar-refractivity contribution >= 4 is 29.5 Å². The molecule has 2 aliphatic heterocycles. The lowest BCUT2D eigenvalue weighted by atomic mass is 9.96. The predicted octanol–water partition coefficient (Wildman–Crippen LogP) is 1.93. The molecule has 1 aromatic carbocycles. The summed E-state index contributed by atoms with van der Waals surface area (Å²) in [4.78, 5) is 38.6. The van der Waals surface area contributed by atoms with Gasteiger partial charge in [0.1, 0.15) is 22.8 Å². The minimum absolute atomic E-state index is 0.0259. The number of amides is 2. The number of pyridine rings is 1. The second-order valence-electron chi connectivity index (χ2n) is 9.06. The van der Waals surface area contributed by atoms with Crippen LogP contribution in [-0.2, 0) is 16.0 Å². The zero-order chi connectivity index (χ0) is 26.2. The first kappa shape index (κ1) is 24.5. The van der Waals surface area contributed by atoms with Crippen LogP contribution in [0.2, 0.25) is 0 Å². The van der Waals surface area contributed by atoms with E-state index in [0.717, 1.165) is 16.3 Å². The van der Waals surface area contributed by atoms with Crippen LogP contribution in [0.1, 0.15) is 35.5 Å². The van der Waals surface area contributed by atoms with Crippen LogP contribution in [0.25, 0.3) is 12.0 Å². The second-order valence-corrected chi connectivity index (χ2v) is 9.06. The van der Waals surface area contributed by atoms with E-state index < -0.39 is 34.1 Å². The first-order valence-corrected chi connectivity index (χ1v) is 11.1. The Morgan fingerprint density at radius 3 is 2.61 bits per heavy atom. The molecule has 0 radical (unpaired) electrons. The lowest BCUT2D eigenvalue weighted by molar-refractivity contribution is -0.120. The van der Waals surface area contributed by atoms with Crippen LogP contribution in [0.4, 0.5) is 10.1 Å². The number of hydrogen-bond donors (Lipinski definition) is 4. The van der Waals surface area contributed by atoms with Crippen molar-refractivity contribution in [1.29, 1.82) is 5.26 Å². The summed E-state index contributed by atoms with van der Waals surface area (Å²) in [5.74, 6) is -2.46. The highest BCUT2D eigenvalue weighted by molar-refractivity contribution is 6.02. The van der Waals surface area contributed by atoms with Gasteiger partial charge >= 0.3 is 0 Å². The summed E-state index contributed by atoms with van der Waals surface area (Å²) in [6.45, 7) is 3.50. The molecule has 4 N–H and O–H groups in total. The van der Waals surface area contributed by atoms with E-state index in [4.69, 9.17) is 4.74 Å². The third-order valence-electron chi connectivity index (χ3n) is 5.86. The number of carbonyl (C=O) groups excluding carboxylic acids is 2. The number of nitrogens with zero attached hydrogens (tertiary/aromatic N) is 2.